The van der Waals surface area contributed by atoms with Crippen LogP contribution in [0, 0.1) is 5.92 Å². The van der Waals surface area contributed by atoms with Gasteiger partial charge in [0.25, 0.3) is 0 Å². The summed E-state index contributed by atoms with van der Waals surface area (Å²) in [5.41, 5.74) is 0.580. The minimum absolute atomic E-state index is 0.0759. The molecule has 0 saturated carbocycles. The summed E-state index contributed by atoms with van der Waals surface area (Å²) in [4.78, 5) is 23.5. The molecule has 5 nitrogen and oxygen atoms in total. The van der Waals surface area contributed by atoms with E-state index in [9.17, 15) is 9.18 Å². The molecule has 1 atom stereocenters. The van der Waals surface area contributed by atoms with Crippen molar-refractivity contribution in [3.63, 3.8) is 0 Å². The summed E-state index contributed by atoms with van der Waals surface area (Å²) in [5.74, 6) is 0.254. The van der Waals surface area contributed by atoms with Crippen LogP contribution < -0.4 is 10.2 Å². The first-order chi connectivity index (χ1) is 13.0. The van der Waals surface area contributed by atoms with E-state index in [0.717, 1.165) is 26.1 Å². The van der Waals surface area contributed by atoms with Crippen LogP contribution >= 0.6 is 0 Å². The highest BCUT2D eigenvalue weighted by atomic mass is 19.1. The fraction of sp³-hybridized carbons (Fsp3) is 0.381. The van der Waals surface area contributed by atoms with Crippen LogP contribution in [0.5, 0.6) is 0 Å². The Hall–Kier alpha value is -2.60. The summed E-state index contributed by atoms with van der Waals surface area (Å²) in [6.07, 6.45) is 4.12. The first-order valence-corrected chi connectivity index (χ1v) is 9.24. The van der Waals surface area contributed by atoms with Crippen molar-refractivity contribution in [1.82, 2.24) is 15.3 Å². The fourth-order valence-electron chi connectivity index (χ4n) is 3.41. The highest BCUT2D eigenvalue weighted by Crippen LogP contribution is 2.25. The topological polar surface area (TPSA) is 58.1 Å². The molecule has 0 aliphatic carbocycles. The SMILES string of the molecule is C=C(F)c1ccc(N2CCN[C@@H](CC(C)C)C2)nc1C(=O)c1cccnc1. The molecule has 1 saturated heterocycles. The summed E-state index contributed by atoms with van der Waals surface area (Å²) in [5, 5.41) is 3.52. The molecule has 2 aromatic rings. The second kappa shape index (κ2) is 8.39. The third-order valence-corrected chi connectivity index (χ3v) is 4.65. The summed E-state index contributed by atoms with van der Waals surface area (Å²) in [6.45, 7) is 10.2. The first kappa shape index (κ1) is 19.2. The van der Waals surface area contributed by atoms with E-state index in [-0.39, 0.29) is 17.0 Å². The van der Waals surface area contributed by atoms with E-state index < -0.39 is 5.83 Å². The second-order valence-electron chi connectivity index (χ2n) is 7.27. The van der Waals surface area contributed by atoms with Crippen molar-refractivity contribution in [3.8, 4) is 0 Å². The predicted octanol–water partition coefficient (Wildman–Crippen LogP) is 3.47. The van der Waals surface area contributed by atoms with Crippen LogP contribution in [0.2, 0.25) is 0 Å². The average Bonchev–Trinajstić information content (AvgIpc) is 2.67. The lowest BCUT2D eigenvalue weighted by atomic mass is 10.0. The van der Waals surface area contributed by atoms with Crippen LogP contribution in [-0.4, -0.2) is 41.4 Å². The molecule has 3 rings (SSSR count). The Labute approximate surface area is 159 Å². The molecule has 1 N–H and O–H groups in total. The van der Waals surface area contributed by atoms with Crippen LogP contribution in [0.15, 0.2) is 43.2 Å². The molecule has 142 valence electrons. The summed E-state index contributed by atoms with van der Waals surface area (Å²) >= 11 is 0. The van der Waals surface area contributed by atoms with E-state index >= 15 is 0 Å². The van der Waals surface area contributed by atoms with Crippen molar-refractivity contribution < 1.29 is 9.18 Å². The minimum atomic E-state index is -0.667. The van der Waals surface area contributed by atoms with Crippen molar-refractivity contribution in [1.29, 1.82) is 0 Å². The van der Waals surface area contributed by atoms with Crippen molar-refractivity contribution in [2.75, 3.05) is 24.5 Å². The number of rotatable bonds is 6. The van der Waals surface area contributed by atoms with Gasteiger partial charge in [0.05, 0.1) is 0 Å². The number of piperazine rings is 1. The minimum Gasteiger partial charge on any atom is -0.354 e. The van der Waals surface area contributed by atoms with Crippen LogP contribution in [0.25, 0.3) is 5.83 Å². The molecule has 0 bridgehead atoms. The van der Waals surface area contributed by atoms with Gasteiger partial charge in [-0.05, 0) is 36.6 Å². The normalized spacial score (nSPS) is 17.2. The van der Waals surface area contributed by atoms with Gasteiger partial charge in [-0.15, -0.1) is 0 Å². The van der Waals surface area contributed by atoms with Gasteiger partial charge in [-0.3, -0.25) is 9.78 Å². The molecule has 27 heavy (non-hydrogen) atoms. The smallest absolute Gasteiger partial charge is 0.213 e. The van der Waals surface area contributed by atoms with Gasteiger partial charge < -0.3 is 10.2 Å². The number of nitrogens with zero attached hydrogens (tertiary/aromatic N) is 3. The van der Waals surface area contributed by atoms with E-state index in [4.69, 9.17) is 0 Å². The number of carbonyl (C=O) groups excluding carboxylic acids is 1. The van der Waals surface area contributed by atoms with Crippen LogP contribution in [0.1, 0.15) is 41.9 Å². The zero-order valence-corrected chi connectivity index (χ0v) is 15.8. The van der Waals surface area contributed by atoms with Gasteiger partial charge in [-0.25, -0.2) is 9.37 Å². The van der Waals surface area contributed by atoms with E-state index in [1.54, 1.807) is 30.5 Å². The Bertz CT molecular complexity index is 822. The van der Waals surface area contributed by atoms with Crippen molar-refractivity contribution in [3.05, 3.63) is 60.1 Å². The Morgan fingerprint density at radius 1 is 1.41 bits per heavy atom. The molecule has 0 unspecified atom stereocenters. The van der Waals surface area contributed by atoms with E-state index in [1.807, 2.05) is 0 Å². The quantitative estimate of drug-likeness (QED) is 0.791. The molecular weight excluding hydrogens is 343 g/mol. The zero-order valence-electron chi connectivity index (χ0n) is 15.8. The zero-order chi connectivity index (χ0) is 19.4. The van der Waals surface area contributed by atoms with Gasteiger partial charge >= 0.3 is 0 Å². The second-order valence-corrected chi connectivity index (χ2v) is 7.27. The van der Waals surface area contributed by atoms with Crippen LogP contribution in [0.3, 0.4) is 0 Å². The van der Waals surface area contributed by atoms with E-state index in [1.165, 1.54) is 6.20 Å². The Morgan fingerprint density at radius 2 is 2.22 bits per heavy atom. The number of halogens is 1. The van der Waals surface area contributed by atoms with Gasteiger partial charge in [0.1, 0.15) is 17.3 Å². The Balaban J connectivity index is 1.92. The molecule has 6 heteroatoms. The number of hydrogen-bond donors (Lipinski definition) is 1. The molecule has 2 aromatic heterocycles. The van der Waals surface area contributed by atoms with Crippen molar-refractivity contribution in [2.45, 2.75) is 26.3 Å². The first-order valence-electron chi connectivity index (χ1n) is 9.24. The van der Waals surface area contributed by atoms with Gasteiger partial charge in [-0.1, -0.05) is 20.4 Å². The Morgan fingerprint density at radius 3 is 2.89 bits per heavy atom. The average molecular weight is 368 g/mol. The van der Waals surface area contributed by atoms with Crippen molar-refractivity contribution in [2.24, 2.45) is 5.92 Å². The largest absolute Gasteiger partial charge is 0.354 e. The molecule has 1 fully saturated rings. The number of pyridine rings is 2. The molecule has 1 aliphatic rings. The van der Waals surface area contributed by atoms with Gasteiger partial charge in [0.2, 0.25) is 5.78 Å². The molecule has 0 aromatic carbocycles. The van der Waals surface area contributed by atoms with E-state index in [2.05, 4.69) is 40.6 Å². The number of carbonyl (C=O) groups is 1. The summed E-state index contributed by atoms with van der Waals surface area (Å²) < 4.78 is 13.9. The third kappa shape index (κ3) is 4.57. The number of anilines is 1. The lowest BCUT2D eigenvalue weighted by Crippen LogP contribution is -2.51. The number of hydrogen-bond acceptors (Lipinski definition) is 5. The predicted molar refractivity (Wildman–Crippen MR) is 106 cm³/mol. The molecular formula is C21H25FN4O. The maximum Gasteiger partial charge on any atom is 0.213 e. The van der Waals surface area contributed by atoms with Gasteiger partial charge in [0, 0.05) is 49.2 Å². The van der Waals surface area contributed by atoms with Gasteiger partial charge in [-0.2, -0.15) is 0 Å². The van der Waals surface area contributed by atoms with E-state index in [0.29, 0.717) is 23.3 Å². The number of aromatic nitrogens is 2. The fourth-order valence-corrected chi connectivity index (χ4v) is 3.41. The maximum absolute atomic E-state index is 13.9. The van der Waals surface area contributed by atoms with Crippen LogP contribution in [-0.2, 0) is 0 Å². The van der Waals surface area contributed by atoms with Crippen molar-refractivity contribution >= 4 is 17.4 Å². The molecule has 0 radical (unpaired) electrons. The number of ketones is 1. The highest BCUT2D eigenvalue weighted by Gasteiger charge is 2.24. The van der Waals surface area contributed by atoms with Crippen LogP contribution in [0.4, 0.5) is 10.2 Å². The lowest BCUT2D eigenvalue weighted by Gasteiger charge is -2.35. The molecule has 0 amide bonds. The summed E-state index contributed by atoms with van der Waals surface area (Å²) in [6, 6.07) is 7.05. The molecule has 0 spiro atoms. The summed E-state index contributed by atoms with van der Waals surface area (Å²) in [7, 11) is 0. The third-order valence-electron chi connectivity index (χ3n) is 4.65. The lowest BCUT2D eigenvalue weighted by molar-refractivity contribution is 0.103. The maximum atomic E-state index is 13.9. The monoisotopic (exact) mass is 368 g/mol. The Kier molecular flexibility index (Phi) is 5.96. The van der Waals surface area contributed by atoms with Gasteiger partial charge in [0.15, 0.2) is 0 Å². The standard InChI is InChI=1S/C21H25FN4O/c1-14(2)11-17-13-26(10-9-24-17)19-7-6-18(15(3)22)20(25-19)21(27)16-5-4-8-23-12-16/h4-8,12,14,17,24H,3,9-11,13H2,1-2H3/t17-/m0/s1. The molecule has 1 aliphatic heterocycles. The number of nitrogens with one attached hydrogen (secondary N) is 1. The molecule has 3 heterocycles. The highest BCUT2D eigenvalue weighted by molar-refractivity contribution is 6.10.